The van der Waals surface area contributed by atoms with E-state index in [9.17, 15) is 4.79 Å². The van der Waals surface area contributed by atoms with Crippen LogP contribution >= 0.6 is 0 Å². The summed E-state index contributed by atoms with van der Waals surface area (Å²) in [5, 5.41) is 6.81. The predicted molar refractivity (Wildman–Crippen MR) is 72.2 cm³/mol. The molecule has 0 radical (unpaired) electrons. The quantitative estimate of drug-likeness (QED) is 0.919. The summed E-state index contributed by atoms with van der Waals surface area (Å²) in [7, 11) is 0. The Kier molecular flexibility index (Phi) is 3.99. The van der Waals surface area contributed by atoms with Crippen molar-refractivity contribution in [1.29, 1.82) is 0 Å². The highest BCUT2D eigenvalue weighted by molar-refractivity contribution is 5.88. The number of aryl methyl sites for hydroxylation is 1. The zero-order chi connectivity index (χ0) is 13.8. The number of fused-ring (bicyclic) bond motifs is 1. The number of ether oxygens (including phenoxy) is 1. The third-order valence-corrected chi connectivity index (χ3v) is 2.66. The number of carbonyl (C=O) groups excluding carboxylic acids is 1. The Morgan fingerprint density at radius 3 is 2.95 bits per heavy atom. The fourth-order valence-corrected chi connectivity index (χ4v) is 1.73. The first kappa shape index (κ1) is 13.3. The zero-order valence-corrected chi connectivity index (χ0v) is 11.4. The topological polar surface area (TPSA) is 68.5 Å². The molecule has 0 atom stereocenters. The predicted octanol–water partition coefficient (Wildman–Crippen LogP) is 2.50. The van der Waals surface area contributed by atoms with Crippen LogP contribution in [0.3, 0.4) is 0 Å². The van der Waals surface area contributed by atoms with Crippen LogP contribution < -0.4 is 5.32 Å². The molecule has 2 heterocycles. The third-order valence-electron chi connectivity index (χ3n) is 2.66. The normalized spacial score (nSPS) is 10.9. The van der Waals surface area contributed by atoms with Gasteiger partial charge in [-0.2, -0.15) is 5.10 Å². The molecule has 0 bridgehead atoms. The molecule has 1 N–H and O–H groups in total. The highest BCUT2D eigenvalue weighted by atomic mass is 16.5. The highest BCUT2D eigenvalue weighted by Gasteiger charge is 2.11. The minimum Gasteiger partial charge on any atom is -0.449 e. The molecule has 6 nitrogen and oxygen atoms in total. The second-order valence-corrected chi connectivity index (χ2v) is 4.70. The summed E-state index contributed by atoms with van der Waals surface area (Å²) in [6, 6.07) is 3.85. The van der Waals surface area contributed by atoms with E-state index in [0.29, 0.717) is 18.3 Å². The number of hydrogen-bond donors (Lipinski definition) is 1. The van der Waals surface area contributed by atoms with Crippen molar-refractivity contribution in [3.63, 3.8) is 0 Å². The van der Waals surface area contributed by atoms with Gasteiger partial charge in [-0.05, 0) is 24.5 Å². The summed E-state index contributed by atoms with van der Waals surface area (Å²) in [6.07, 6.45) is 1.79. The van der Waals surface area contributed by atoms with E-state index in [2.05, 4.69) is 15.4 Å². The van der Waals surface area contributed by atoms with Crippen LogP contribution in [-0.2, 0) is 11.2 Å². The summed E-state index contributed by atoms with van der Waals surface area (Å²) in [5.74, 6) is 0.764. The van der Waals surface area contributed by atoms with Gasteiger partial charge in [0.1, 0.15) is 11.8 Å². The summed E-state index contributed by atoms with van der Waals surface area (Å²) in [6.45, 7) is 6.40. The first-order valence-corrected chi connectivity index (χ1v) is 6.37. The van der Waals surface area contributed by atoms with Crippen LogP contribution in [-0.4, -0.2) is 27.3 Å². The first-order valence-electron chi connectivity index (χ1n) is 6.37. The second-order valence-electron chi connectivity index (χ2n) is 4.70. The van der Waals surface area contributed by atoms with Crippen molar-refractivity contribution < 1.29 is 9.53 Å². The van der Waals surface area contributed by atoms with Crippen LogP contribution in [0.2, 0.25) is 0 Å². The van der Waals surface area contributed by atoms with Crippen molar-refractivity contribution in [2.24, 2.45) is 5.92 Å². The number of anilines is 1. The molecule has 6 heteroatoms. The van der Waals surface area contributed by atoms with E-state index < -0.39 is 6.09 Å². The van der Waals surface area contributed by atoms with Gasteiger partial charge in [0, 0.05) is 5.69 Å². The summed E-state index contributed by atoms with van der Waals surface area (Å²) in [4.78, 5) is 15.7. The van der Waals surface area contributed by atoms with Crippen molar-refractivity contribution in [1.82, 2.24) is 14.6 Å². The Labute approximate surface area is 111 Å². The van der Waals surface area contributed by atoms with Gasteiger partial charge in [0.15, 0.2) is 5.82 Å². The molecule has 0 fully saturated rings. The van der Waals surface area contributed by atoms with Crippen LogP contribution in [0.1, 0.15) is 26.5 Å². The molecule has 0 saturated heterocycles. The van der Waals surface area contributed by atoms with Crippen LogP contribution in [0.4, 0.5) is 10.6 Å². The monoisotopic (exact) mass is 262 g/mol. The van der Waals surface area contributed by atoms with Crippen LogP contribution in [0.15, 0.2) is 18.5 Å². The fraction of sp³-hybridized carbons (Fsp3) is 0.462. The van der Waals surface area contributed by atoms with Gasteiger partial charge in [0.25, 0.3) is 0 Å². The Balaban J connectivity index is 2.16. The summed E-state index contributed by atoms with van der Waals surface area (Å²) in [5.41, 5.74) is 1.83. The molecule has 19 heavy (non-hydrogen) atoms. The maximum atomic E-state index is 11.6. The fourth-order valence-electron chi connectivity index (χ4n) is 1.73. The van der Waals surface area contributed by atoms with E-state index in [0.717, 1.165) is 17.6 Å². The van der Waals surface area contributed by atoms with Gasteiger partial charge in [0.2, 0.25) is 0 Å². The third kappa shape index (κ3) is 3.01. The number of carbonyl (C=O) groups is 1. The standard InChI is InChI=1S/C13H18N4O2/c1-4-10-5-6-11-12(14-8-15-17(10)11)16-13(18)19-7-9(2)3/h5-6,8-9H,4,7H2,1-3H3,(H,14,15,16,18). The highest BCUT2D eigenvalue weighted by Crippen LogP contribution is 2.16. The van der Waals surface area contributed by atoms with Gasteiger partial charge in [-0.3, -0.25) is 5.32 Å². The Hall–Kier alpha value is -2.11. The van der Waals surface area contributed by atoms with Crippen LogP contribution in [0.5, 0.6) is 0 Å². The molecule has 2 aromatic rings. The van der Waals surface area contributed by atoms with Gasteiger partial charge in [-0.1, -0.05) is 20.8 Å². The molecule has 0 saturated carbocycles. The molecule has 102 valence electrons. The second kappa shape index (κ2) is 5.69. The Morgan fingerprint density at radius 1 is 1.47 bits per heavy atom. The van der Waals surface area contributed by atoms with Gasteiger partial charge >= 0.3 is 6.09 Å². The lowest BCUT2D eigenvalue weighted by Crippen LogP contribution is -2.18. The van der Waals surface area contributed by atoms with Crippen molar-refractivity contribution in [3.8, 4) is 0 Å². The van der Waals surface area contributed by atoms with Crippen LogP contribution in [0, 0.1) is 5.92 Å². The number of nitrogens with zero attached hydrogens (tertiary/aromatic N) is 3. The van der Waals surface area contributed by atoms with Gasteiger partial charge in [0.05, 0.1) is 6.61 Å². The molecule has 0 spiro atoms. The Morgan fingerprint density at radius 2 is 2.26 bits per heavy atom. The van der Waals surface area contributed by atoms with E-state index in [1.807, 2.05) is 32.9 Å². The largest absolute Gasteiger partial charge is 0.449 e. The number of amides is 1. The molecular weight excluding hydrogens is 244 g/mol. The van der Waals surface area contributed by atoms with Crippen molar-refractivity contribution in [2.45, 2.75) is 27.2 Å². The van der Waals surface area contributed by atoms with E-state index in [1.54, 1.807) is 4.52 Å². The smallest absolute Gasteiger partial charge is 0.412 e. The molecule has 0 aliphatic heterocycles. The maximum absolute atomic E-state index is 11.6. The van der Waals surface area contributed by atoms with E-state index in [-0.39, 0.29) is 0 Å². The lowest BCUT2D eigenvalue weighted by molar-refractivity contribution is 0.147. The van der Waals surface area contributed by atoms with Gasteiger partial charge < -0.3 is 4.74 Å². The molecule has 2 rings (SSSR count). The lowest BCUT2D eigenvalue weighted by atomic mass is 10.2. The average molecular weight is 262 g/mol. The number of hydrogen-bond acceptors (Lipinski definition) is 4. The van der Waals surface area contributed by atoms with E-state index >= 15 is 0 Å². The van der Waals surface area contributed by atoms with Crippen molar-refractivity contribution >= 4 is 17.4 Å². The lowest BCUT2D eigenvalue weighted by Gasteiger charge is -2.09. The van der Waals surface area contributed by atoms with Crippen molar-refractivity contribution in [2.75, 3.05) is 11.9 Å². The minimum absolute atomic E-state index is 0.302. The van der Waals surface area contributed by atoms with E-state index in [1.165, 1.54) is 6.33 Å². The number of nitrogens with one attached hydrogen (secondary N) is 1. The van der Waals surface area contributed by atoms with Gasteiger partial charge in [-0.15, -0.1) is 0 Å². The molecule has 0 unspecified atom stereocenters. The summed E-state index contributed by atoms with van der Waals surface area (Å²) >= 11 is 0. The molecule has 1 amide bonds. The van der Waals surface area contributed by atoms with Gasteiger partial charge in [-0.25, -0.2) is 14.3 Å². The molecule has 0 aromatic carbocycles. The first-order chi connectivity index (χ1) is 9.11. The van der Waals surface area contributed by atoms with Crippen molar-refractivity contribution in [3.05, 3.63) is 24.2 Å². The molecule has 2 aromatic heterocycles. The van der Waals surface area contributed by atoms with E-state index in [4.69, 9.17) is 4.74 Å². The average Bonchev–Trinajstić information content (AvgIpc) is 2.80. The maximum Gasteiger partial charge on any atom is 0.412 e. The molecule has 0 aliphatic rings. The Bertz CT molecular complexity index is 577. The van der Waals surface area contributed by atoms with Crippen LogP contribution in [0.25, 0.3) is 5.52 Å². The summed E-state index contributed by atoms with van der Waals surface area (Å²) < 4.78 is 6.84. The molecular formula is C13H18N4O2. The number of rotatable bonds is 4. The number of aromatic nitrogens is 3. The zero-order valence-electron chi connectivity index (χ0n) is 11.4. The minimum atomic E-state index is -0.492. The SMILES string of the molecule is CCc1ccc2c(NC(=O)OCC(C)C)ncnn12. The molecule has 0 aliphatic carbocycles.